The summed E-state index contributed by atoms with van der Waals surface area (Å²) >= 11 is 0. The number of hydrogen-bond donors (Lipinski definition) is 0. The standard InChI is InChI=1S/C16H26N2OSi/c1-6-10-16(14(2)19)17-18(20(3,4)5)13-15-11-8-7-9-12-15/h7-9,11-12H,6,10,13H2,1-5H3. The molecule has 0 amide bonds. The highest BCUT2D eigenvalue weighted by Gasteiger charge is 2.24. The molecule has 0 aliphatic heterocycles. The van der Waals surface area contributed by atoms with Gasteiger partial charge in [0.25, 0.3) is 0 Å². The van der Waals surface area contributed by atoms with Crippen LogP contribution in [0.4, 0.5) is 0 Å². The van der Waals surface area contributed by atoms with Crippen LogP contribution in [-0.2, 0) is 11.3 Å². The average molecular weight is 290 g/mol. The SMILES string of the molecule is CCCC(=NN(Cc1ccccc1)[Si](C)(C)C)C(C)=O. The molecule has 0 spiro atoms. The van der Waals surface area contributed by atoms with Crippen LogP contribution < -0.4 is 0 Å². The molecule has 0 aromatic heterocycles. The van der Waals surface area contributed by atoms with E-state index in [0.717, 1.165) is 19.4 Å². The lowest BCUT2D eigenvalue weighted by Crippen LogP contribution is -2.42. The first-order chi connectivity index (χ1) is 9.34. The maximum Gasteiger partial charge on any atom is 0.175 e. The summed E-state index contributed by atoms with van der Waals surface area (Å²) in [6.45, 7) is 11.2. The first-order valence-electron chi connectivity index (χ1n) is 7.24. The van der Waals surface area contributed by atoms with Gasteiger partial charge in [-0.15, -0.1) is 0 Å². The molecular weight excluding hydrogens is 264 g/mol. The van der Waals surface area contributed by atoms with Crippen LogP contribution in [0.1, 0.15) is 32.3 Å². The highest BCUT2D eigenvalue weighted by Crippen LogP contribution is 2.16. The summed E-state index contributed by atoms with van der Waals surface area (Å²) in [4.78, 5) is 11.7. The maximum absolute atomic E-state index is 11.7. The molecule has 1 rings (SSSR count). The van der Waals surface area contributed by atoms with Gasteiger partial charge in [-0.25, -0.2) is 0 Å². The third-order valence-electron chi connectivity index (χ3n) is 3.08. The Labute approximate surface area is 123 Å². The van der Waals surface area contributed by atoms with E-state index in [4.69, 9.17) is 5.10 Å². The van der Waals surface area contributed by atoms with Gasteiger partial charge in [-0.1, -0.05) is 63.3 Å². The molecule has 20 heavy (non-hydrogen) atoms. The molecule has 0 aliphatic carbocycles. The zero-order valence-electron chi connectivity index (χ0n) is 13.3. The Morgan fingerprint density at radius 3 is 2.25 bits per heavy atom. The van der Waals surface area contributed by atoms with Gasteiger partial charge in [0.1, 0.15) is 5.71 Å². The maximum atomic E-state index is 11.7. The minimum absolute atomic E-state index is 0.0863. The van der Waals surface area contributed by atoms with E-state index in [0.29, 0.717) is 5.71 Å². The second-order valence-corrected chi connectivity index (χ2v) is 10.9. The first-order valence-corrected chi connectivity index (χ1v) is 10.7. The number of carbonyl (C=O) groups excluding carboxylic acids is 1. The normalized spacial score (nSPS) is 12.3. The number of hydrogen-bond acceptors (Lipinski definition) is 3. The fraction of sp³-hybridized carbons (Fsp3) is 0.500. The second-order valence-electron chi connectivity index (χ2n) is 6.07. The van der Waals surface area contributed by atoms with Crippen LogP contribution in [0, 0.1) is 0 Å². The number of hydrazone groups is 1. The Hall–Kier alpha value is -1.42. The van der Waals surface area contributed by atoms with E-state index in [9.17, 15) is 4.79 Å². The van der Waals surface area contributed by atoms with Crippen molar-refractivity contribution in [1.29, 1.82) is 0 Å². The van der Waals surface area contributed by atoms with Crippen molar-refractivity contribution in [2.24, 2.45) is 5.10 Å². The number of Topliss-reactive ketones (excluding diaryl/α,β-unsaturated/α-hetero) is 1. The van der Waals surface area contributed by atoms with Crippen LogP contribution in [0.15, 0.2) is 35.4 Å². The van der Waals surface area contributed by atoms with E-state index in [2.05, 4.69) is 43.4 Å². The summed E-state index contributed by atoms with van der Waals surface area (Å²) in [5.74, 6) is 0.0863. The van der Waals surface area contributed by atoms with Gasteiger partial charge in [-0.05, 0) is 12.0 Å². The molecule has 0 saturated heterocycles. The predicted octanol–water partition coefficient (Wildman–Crippen LogP) is 4.07. The van der Waals surface area contributed by atoms with E-state index >= 15 is 0 Å². The van der Waals surface area contributed by atoms with Crippen LogP contribution in [0.3, 0.4) is 0 Å². The van der Waals surface area contributed by atoms with Gasteiger partial charge in [-0.2, -0.15) is 5.10 Å². The Morgan fingerprint density at radius 2 is 1.80 bits per heavy atom. The zero-order chi connectivity index (χ0) is 15.2. The molecule has 0 fully saturated rings. The number of ketones is 1. The van der Waals surface area contributed by atoms with Crippen molar-refractivity contribution < 1.29 is 4.79 Å². The molecule has 0 bridgehead atoms. The van der Waals surface area contributed by atoms with E-state index < -0.39 is 8.24 Å². The Balaban J connectivity index is 3.01. The van der Waals surface area contributed by atoms with Crippen LogP contribution in [0.25, 0.3) is 0 Å². The fourth-order valence-electron chi connectivity index (χ4n) is 1.86. The van der Waals surface area contributed by atoms with Crippen molar-refractivity contribution in [3.8, 4) is 0 Å². The number of carbonyl (C=O) groups is 1. The zero-order valence-corrected chi connectivity index (χ0v) is 14.3. The number of nitrogens with zero attached hydrogens (tertiary/aromatic N) is 2. The predicted molar refractivity (Wildman–Crippen MR) is 88.4 cm³/mol. The molecule has 0 heterocycles. The van der Waals surface area contributed by atoms with Gasteiger partial charge in [0, 0.05) is 6.92 Å². The second kappa shape index (κ2) is 7.38. The van der Waals surface area contributed by atoms with Crippen LogP contribution in [0.5, 0.6) is 0 Å². The molecule has 0 unspecified atom stereocenters. The van der Waals surface area contributed by atoms with E-state index in [1.807, 2.05) is 18.2 Å². The van der Waals surface area contributed by atoms with Gasteiger partial charge < -0.3 is 4.67 Å². The van der Waals surface area contributed by atoms with Gasteiger partial charge >= 0.3 is 0 Å². The van der Waals surface area contributed by atoms with E-state index in [1.54, 1.807) is 6.92 Å². The number of benzene rings is 1. The summed E-state index contributed by atoms with van der Waals surface area (Å²) in [5, 5.41) is 4.69. The third-order valence-corrected chi connectivity index (χ3v) is 4.89. The lowest BCUT2D eigenvalue weighted by Gasteiger charge is -2.32. The molecule has 1 aromatic carbocycles. The van der Waals surface area contributed by atoms with Gasteiger partial charge in [0.2, 0.25) is 0 Å². The molecule has 3 nitrogen and oxygen atoms in total. The molecular formula is C16H26N2OSi. The first kappa shape index (κ1) is 16.6. The third kappa shape index (κ3) is 5.29. The van der Waals surface area contributed by atoms with Gasteiger partial charge in [0.15, 0.2) is 14.0 Å². The summed E-state index contributed by atoms with van der Waals surface area (Å²) in [6.07, 6.45) is 1.70. The molecule has 110 valence electrons. The van der Waals surface area contributed by atoms with Crippen molar-refractivity contribution in [1.82, 2.24) is 4.67 Å². The minimum atomic E-state index is -1.61. The molecule has 0 saturated carbocycles. The van der Waals surface area contributed by atoms with E-state index in [1.165, 1.54) is 5.56 Å². The van der Waals surface area contributed by atoms with Crippen LogP contribution in [0.2, 0.25) is 19.6 Å². The van der Waals surface area contributed by atoms with Crippen molar-refractivity contribution in [2.75, 3.05) is 0 Å². The topological polar surface area (TPSA) is 32.7 Å². The van der Waals surface area contributed by atoms with Crippen LogP contribution >= 0.6 is 0 Å². The molecule has 1 aromatic rings. The molecule has 0 N–H and O–H groups in total. The lowest BCUT2D eigenvalue weighted by atomic mass is 10.2. The Bertz CT molecular complexity index is 463. The average Bonchev–Trinajstić information content (AvgIpc) is 2.37. The summed E-state index contributed by atoms with van der Waals surface area (Å²) in [5.41, 5.74) is 1.93. The largest absolute Gasteiger partial charge is 0.320 e. The quantitative estimate of drug-likeness (QED) is 0.431. The van der Waals surface area contributed by atoms with Crippen molar-refractivity contribution in [3.05, 3.63) is 35.9 Å². The summed E-state index contributed by atoms with van der Waals surface area (Å²) < 4.78 is 2.15. The number of rotatable bonds is 7. The monoisotopic (exact) mass is 290 g/mol. The Kier molecular flexibility index (Phi) is 6.14. The molecule has 0 aliphatic rings. The van der Waals surface area contributed by atoms with Crippen molar-refractivity contribution in [2.45, 2.75) is 52.9 Å². The van der Waals surface area contributed by atoms with Gasteiger partial charge in [0.05, 0.1) is 6.54 Å². The fourth-order valence-corrected chi connectivity index (χ4v) is 2.94. The van der Waals surface area contributed by atoms with Crippen molar-refractivity contribution >= 4 is 19.7 Å². The molecule has 0 atom stereocenters. The Morgan fingerprint density at radius 1 is 1.20 bits per heavy atom. The summed E-state index contributed by atoms with van der Waals surface area (Å²) in [6, 6.07) is 10.3. The van der Waals surface area contributed by atoms with Crippen LogP contribution in [-0.4, -0.2) is 24.4 Å². The van der Waals surface area contributed by atoms with Gasteiger partial charge in [-0.3, -0.25) is 4.79 Å². The highest BCUT2D eigenvalue weighted by atomic mass is 28.3. The molecule has 0 radical (unpaired) electrons. The van der Waals surface area contributed by atoms with Crippen molar-refractivity contribution in [3.63, 3.8) is 0 Å². The lowest BCUT2D eigenvalue weighted by molar-refractivity contribution is -0.111. The smallest absolute Gasteiger partial charge is 0.175 e. The minimum Gasteiger partial charge on any atom is -0.320 e. The summed E-state index contributed by atoms with van der Waals surface area (Å²) in [7, 11) is -1.61. The van der Waals surface area contributed by atoms with E-state index in [-0.39, 0.29) is 5.78 Å². The highest BCUT2D eigenvalue weighted by molar-refractivity contribution is 6.73. The molecule has 4 heteroatoms.